The van der Waals surface area contributed by atoms with E-state index in [9.17, 15) is 35.1 Å². The molecule has 2 saturated heterocycles. The van der Waals surface area contributed by atoms with Gasteiger partial charge in [0.15, 0.2) is 6.29 Å². The smallest absolute Gasteiger partial charge is 0.311 e. The van der Waals surface area contributed by atoms with E-state index in [0.717, 1.165) is 36.2 Å². The van der Waals surface area contributed by atoms with Crippen LogP contribution in [0, 0.1) is 17.8 Å². The van der Waals surface area contributed by atoms with Crippen molar-refractivity contribution in [1.82, 2.24) is 9.80 Å². The van der Waals surface area contributed by atoms with E-state index < -0.39 is 79.1 Å². The van der Waals surface area contributed by atoms with Crippen LogP contribution in [-0.4, -0.2) is 157 Å². The maximum Gasteiger partial charge on any atom is 0.311 e. The molecule has 0 radical (unpaired) electrons. The highest BCUT2D eigenvalue weighted by molar-refractivity contribution is 7.77. The van der Waals surface area contributed by atoms with Crippen molar-refractivity contribution < 1.29 is 49.3 Å². The Balaban J connectivity index is 1.17. The fourth-order valence-electron chi connectivity index (χ4n) is 15.2. The Hall–Kier alpha value is -0.950. The van der Waals surface area contributed by atoms with E-state index in [4.69, 9.17) is 14.2 Å². The minimum Gasteiger partial charge on any atom is -0.459 e. The average Bonchev–Trinajstić information content (AvgIpc) is 3.37. The normalized spacial score (nSPS) is 36.9. The van der Waals surface area contributed by atoms with Crippen molar-refractivity contribution in [3.05, 3.63) is 0 Å². The summed E-state index contributed by atoms with van der Waals surface area (Å²) in [5, 5.41) is 59.6. The van der Waals surface area contributed by atoms with Gasteiger partial charge >= 0.3 is 5.97 Å². The highest BCUT2D eigenvalue weighted by Gasteiger charge is 2.57. The number of cyclic esters (lactones) is 1. The van der Waals surface area contributed by atoms with Gasteiger partial charge in [-0.25, -0.2) is 0 Å². The molecule has 5 rings (SSSR count). The number of likely N-dealkylation sites (N-methyl/N-ethyl adjacent to an activating group) is 1. The van der Waals surface area contributed by atoms with E-state index in [2.05, 4.69) is 0 Å². The van der Waals surface area contributed by atoms with Crippen molar-refractivity contribution >= 4 is 19.1 Å². The highest BCUT2D eigenvalue weighted by atomic mass is 31.2. The molecule has 0 aromatic heterocycles. The van der Waals surface area contributed by atoms with Gasteiger partial charge in [0.25, 0.3) is 0 Å². The first-order chi connectivity index (χ1) is 34.7. The van der Waals surface area contributed by atoms with Gasteiger partial charge in [-0.1, -0.05) is 85.0 Å². The van der Waals surface area contributed by atoms with E-state index in [0.29, 0.717) is 12.8 Å². The molecular weight excluding hydrogens is 940 g/mol. The molecule has 5 aliphatic rings. The van der Waals surface area contributed by atoms with E-state index in [1.807, 2.05) is 32.8 Å². The van der Waals surface area contributed by atoms with Crippen LogP contribution in [0.25, 0.3) is 0 Å². The number of amides is 1. The van der Waals surface area contributed by atoms with Crippen molar-refractivity contribution in [2.45, 2.75) is 325 Å². The molecule has 1 amide bonds. The molecule has 2 aliphatic heterocycles. The van der Waals surface area contributed by atoms with Gasteiger partial charge in [0.05, 0.1) is 59.0 Å². The predicted octanol–water partition coefficient (Wildman–Crippen LogP) is 11.2. The molecule has 3 aliphatic carbocycles. The second kappa shape index (κ2) is 29.9. The van der Waals surface area contributed by atoms with E-state index in [-0.39, 0.29) is 49.8 Å². The molecular formula is C60H112N2O10P+. The van der Waals surface area contributed by atoms with Crippen LogP contribution in [0.3, 0.4) is 0 Å². The highest BCUT2D eigenvalue weighted by Crippen LogP contribution is 2.77. The van der Waals surface area contributed by atoms with Gasteiger partial charge in [0.2, 0.25) is 5.91 Å². The Labute approximate surface area is 445 Å². The summed E-state index contributed by atoms with van der Waals surface area (Å²) in [5.74, 6) is -3.22. The van der Waals surface area contributed by atoms with Crippen LogP contribution in [0.1, 0.15) is 242 Å². The van der Waals surface area contributed by atoms with E-state index in [1.165, 1.54) is 110 Å². The fourth-order valence-corrected chi connectivity index (χ4v) is 22.8. The summed E-state index contributed by atoms with van der Waals surface area (Å²) in [6.45, 7) is 13.8. The van der Waals surface area contributed by atoms with Crippen LogP contribution in [0.5, 0.6) is 0 Å². The van der Waals surface area contributed by atoms with Crippen LogP contribution in [-0.2, 0) is 23.8 Å². The summed E-state index contributed by atoms with van der Waals surface area (Å²) in [6, 6.07) is -1.14. The lowest BCUT2D eigenvalue weighted by Gasteiger charge is -2.49. The molecule has 5 N–H and O–H groups in total. The number of nitrogens with zero attached hydrogens (tertiary/aromatic N) is 2. The maximum absolute atomic E-state index is 14.4. The Kier molecular flexibility index (Phi) is 25.7. The Morgan fingerprint density at radius 1 is 0.726 bits per heavy atom. The Bertz CT molecular complexity index is 1550. The van der Waals surface area contributed by atoms with E-state index in [1.54, 1.807) is 77.3 Å². The number of aliphatic hydroxyl groups is 5. The topological polar surface area (TPSA) is 169 Å². The number of unbranched alkanes of at least 4 members (excludes halogenated alkanes) is 9. The Morgan fingerprint density at radius 3 is 1.68 bits per heavy atom. The summed E-state index contributed by atoms with van der Waals surface area (Å²) >= 11 is 0. The molecule has 14 atom stereocenters. The molecule has 0 aromatic carbocycles. The van der Waals surface area contributed by atoms with Gasteiger partial charge < -0.3 is 49.5 Å². The van der Waals surface area contributed by atoms with Crippen LogP contribution in [0.15, 0.2) is 0 Å². The summed E-state index contributed by atoms with van der Waals surface area (Å²) < 4.78 is 18.6. The summed E-state index contributed by atoms with van der Waals surface area (Å²) in [7, 11) is 2.78. The minimum absolute atomic E-state index is 0.118. The zero-order chi connectivity index (χ0) is 53.5. The number of carbonyl (C=O) groups excluding carboxylic acids is 2. The second-order valence-electron chi connectivity index (χ2n) is 25.6. The van der Waals surface area contributed by atoms with Gasteiger partial charge in [-0.3, -0.25) is 9.59 Å². The van der Waals surface area contributed by atoms with Gasteiger partial charge in [-0.2, -0.15) is 0 Å². The van der Waals surface area contributed by atoms with Crippen LogP contribution in [0.4, 0.5) is 0 Å². The first-order valence-electron chi connectivity index (χ1n) is 30.5. The number of aliphatic hydroxyl groups excluding tert-OH is 3. The zero-order valence-corrected chi connectivity index (χ0v) is 49.1. The lowest BCUT2D eigenvalue weighted by atomic mass is 9.78. The van der Waals surface area contributed by atoms with Crippen LogP contribution >= 0.6 is 7.26 Å². The third kappa shape index (κ3) is 16.8. The van der Waals surface area contributed by atoms with Gasteiger partial charge in [0.1, 0.15) is 23.9 Å². The molecule has 426 valence electrons. The molecule has 5 fully saturated rings. The lowest BCUT2D eigenvalue weighted by Crippen LogP contribution is -2.60. The predicted molar refractivity (Wildman–Crippen MR) is 297 cm³/mol. The van der Waals surface area contributed by atoms with Gasteiger partial charge in [-0.05, 0) is 170 Å². The third-order valence-electron chi connectivity index (χ3n) is 19.4. The molecule has 3 saturated carbocycles. The van der Waals surface area contributed by atoms with Crippen molar-refractivity contribution in [2.24, 2.45) is 17.8 Å². The van der Waals surface area contributed by atoms with Crippen molar-refractivity contribution in [3.8, 4) is 0 Å². The molecule has 0 spiro atoms. The zero-order valence-electron chi connectivity index (χ0n) is 48.2. The number of esters is 1. The molecule has 13 heteroatoms. The number of hydrogen-bond donors (Lipinski definition) is 5. The van der Waals surface area contributed by atoms with Crippen molar-refractivity contribution in [1.29, 1.82) is 0 Å². The van der Waals surface area contributed by atoms with Crippen molar-refractivity contribution in [3.63, 3.8) is 0 Å². The average molecular weight is 1050 g/mol. The van der Waals surface area contributed by atoms with Crippen molar-refractivity contribution in [2.75, 3.05) is 26.8 Å². The molecule has 73 heavy (non-hydrogen) atoms. The first-order valence-corrected chi connectivity index (χ1v) is 32.7. The number of hydrogen-bond acceptors (Lipinski definition) is 11. The quantitative estimate of drug-likeness (QED) is 0.0447. The number of ether oxygens (including phenoxy) is 3. The van der Waals surface area contributed by atoms with Crippen LogP contribution < -0.4 is 0 Å². The molecule has 2 heterocycles. The Morgan fingerprint density at radius 2 is 1.21 bits per heavy atom. The minimum atomic E-state index is -1.93. The molecule has 0 aromatic rings. The molecule has 0 bridgehead atoms. The summed E-state index contributed by atoms with van der Waals surface area (Å²) in [4.78, 5) is 31.7. The van der Waals surface area contributed by atoms with E-state index >= 15 is 0 Å². The second-order valence-corrected chi connectivity index (χ2v) is 30.2. The van der Waals surface area contributed by atoms with Crippen LogP contribution in [0.2, 0.25) is 0 Å². The molecule has 12 nitrogen and oxygen atoms in total. The molecule has 0 unspecified atom stereocenters. The first kappa shape index (κ1) is 62.9. The fraction of sp³-hybridized carbons (Fsp3) is 0.967. The standard InChI is InChI=1S/C60H112N2O10P/c1-11-51-60(8,69)55(66)46(6)62(41-42(2)40-59(7,68)56(44(4)53(64)45(5)57(67)71-51)72-58-54(65)50(61(9)10)39-43(3)70-58)52(63)37-29-18-16-14-12-13-15-17-19-30-38-73(47-31-23-20-24-32-47,48-33-25-21-26-34-48)49-35-27-22-28-36-49/h42-51,53-56,58,64-66,68-69H,11-41H2,1-10H3/q+1/t42-,43-,44+,45-,46-,50+,51-,53+,54-,55-,56-,58+,59-,60-/m1/s1. The van der Waals surface area contributed by atoms with Gasteiger partial charge in [0, 0.05) is 32.2 Å². The monoisotopic (exact) mass is 1050 g/mol. The largest absolute Gasteiger partial charge is 0.459 e. The lowest BCUT2D eigenvalue weighted by molar-refractivity contribution is -0.299. The summed E-state index contributed by atoms with van der Waals surface area (Å²) in [6.07, 6.45) is 29.8. The summed E-state index contributed by atoms with van der Waals surface area (Å²) in [5.41, 5.74) is -0.316. The maximum atomic E-state index is 14.4. The third-order valence-corrected chi connectivity index (χ3v) is 26.2. The SMILES string of the molecule is CC[C@H]1OC(=O)[C@H](C)[C@@H](O)[C@H](C)[C@@H](O[C@@H]2O[C@H](C)C[C@H](N(C)C)[C@H]2O)[C@](C)(O)C[C@@H](C)CN(C(=O)CCCCCCCCCCCC[P+](C2CCCCC2)(C2CCCCC2)C2CCCCC2)[C@H](C)[C@@H](O)[C@]1(C)O. The van der Waals surface area contributed by atoms with Gasteiger partial charge in [-0.15, -0.1) is 0 Å². The number of carbonyl (C=O) groups is 2. The number of rotatable bonds is 20.